The van der Waals surface area contributed by atoms with E-state index >= 15 is 0 Å². The van der Waals surface area contributed by atoms with Crippen LogP contribution in [0.15, 0.2) is 0 Å². The molecule has 4 nitrogen and oxygen atoms in total. The quantitative estimate of drug-likeness (QED) is 0.818. The lowest BCUT2D eigenvalue weighted by Crippen LogP contribution is -2.45. The maximum absolute atomic E-state index is 12.5. The van der Waals surface area contributed by atoms with E-state index in [1.54, 1.807) is 0 Å². The average Bonchev–Trinajstić information content (AvgIpc) is 2.88. The Bertz CT molecular complexity index is 376. The first-order valence-electron chi connectivity index (χ1n) is 8.56. The van der Waals surface area contributed by atoms with Crippen molar-refractivity contribution in [1.29, 1.82) is 0 Å². The maximum Gasteiger partial charge on any atom is 0.307 e. The van der Waals surface area contributed by atoms with Crippen molar-refractivity contribution < 1.29 is 14.7 Å². The monoisotopic (exact) mass is 295 g/mol. The van der Waals surface area contributed by atoms with E-state index in [1.807, 2.05) is 6.92 Å². The van der Waals surface area contributed by atoms with Gasteiger partial charge in [0.2, 0.25) is 5.91 Å². The molecule has 0 radical (unpaired) electrons. The zero-order valence-corrected chi connectivity index (χ0v) is 13.3. The van der Waals surface area contributed by atoms with Crippen molar-refractivity contribution >= 4 is 11.9 Å². The van der Waals surface area contributed by atoms with Crippen LogP contribution in [0.2, 0.25) is 0 Å². The largest absolute Gasteiger partial charge is 0.481 e. The molecule has 2 saturated carbocycles. The second kappa shape index (κ2) is 7.28. The van der Waals surface area contributed by atoms with Crippen molar-refractivity contribution in [2.24, 2.45) is 23.7 Å². The molecule has 0 aromatic carbocycles. The molecule has 2 fully saturated rings. The number of nitrogens with one attached hydrogen (secondary N) is 1. The van der Waals surface area contributed by atoms with Gasteiger partial charge in [-0.1, -0.05) is 33.1 Å². The Morgan fingerprint density at radius 3 is 2.33 bits per heavy atom. The summed E-state index contributed by atoms with van der Waals surface area (Å²) in [5, 5.41) is 12.5. The Morgan fingerprint density at radius 1 is 1.14 bits per heavy atom. The Labute approximate surface area is 127 Å². The number of carboxylic acid groups (broad SMARTS) is 1. The summed E-state index contributed by atoms with van der Waals surface area (Å²) in [6, 6.07) is 0.225. The second-order valence-corrected chi connectivity index (χ2v) is 7.05. The van der Waals surface area contributed by atoms with Crippen molar-refractivity contribution in [1.82, 2.24) is 5.32 Å². The number of hydrogen-bond donors (Lipinski definition) is 2. The summed E-state index contributed by atoms with van der Waals surface area (Å²) in [6.07, 6.45) is 8.50. The summed E-state index contributed by atoms with van der Waals surface area (Å²) < 4.78 is 0. The molecule has 0 bridgehead atoms. The molecule has 21 heavy (non-hydrogen) atoms. The van der Waals surface area contributed by atoms with Gasteiger partial charge < -0.3 is 10.4 Å². The van der Waals surface area contributed by atoms with Crippen LogP contribution in [0.1, 0.15) is 65.2 Å². The number of carboxylic acids is 1. The van der Waals surface area contributed by atoms with E-state index in [0.29, 0.717) is 24.7 Å². The highest BCUT2D eigenvalue weighted by Gasteiger charge is 2.41. The zero-order chi connectivity index (χ0) is 15.4. The topological polar surface area (TPSA) is 66.4 Å². The van der Waals surface area contributed by atoms with Crippen molar-refractivity contribution in [3.8, 4) is 0 Å². The fourth-order valence-corrected chi connectivity index (χ4v) is 4.23. The predicted molar refractivity (Wildman–Crippen MR) is 81.8 cm³/mol. The van der Waals surface area contributed by atoms with Gasteiger partial charge in [0.15, 0.2) is 0 Å². The van der Waals surface area contributed by atoms with Gasteiger partial charge in [-0.05, 0) is 43.9 Å². The Kier molecular flexibility index (Phi) is 5.65. The highest BCUT2D eigenvalue weighted by molar-refractivity contribution is 5.85. The van der Waals surface area contributed by atoms with Crippen molar-refractivity contribution in [2.75, 3.05) is 0 Å². The average molecular weight is 295 g/mol. The molecular formula is C17H29NO3. The van der Waals surface area contributed by atoms with Crippen LogP contribution < -0.4 is 5.32 Å². The van der Waals surface area contributed by atoms with E-state index in [-0.39, 0.29) is 17.9 Å². The summed E-state index contributed by atoms with van der Waals surface area (Å²) in [5.41, 5.74) is 0. The molecule has 2 aliphatic carbocycles. The number of carbonyl (C=O) groups excluding carboxylic acids is 1. The zero-order valence-electron chi connectivity index (χ0n) is 13.3. The third-order valence-electron chi connectivity index (χ3n) is 5.44. The molecule has 0 aromatic rings. The van der Waals surface area contributed by atoms with Gasteiger partial charge in [0, 0.05) is 6.04 Å². The number of aliphatic carboxylic acids is 1. The summed E-state index contributed by atoms with van der Waals surface area (Å²) in [4.78, 5) is 23.9. The summed E-state index contributed by atoms with van der Waals surface area (Å²) in [7, 11) is 0. The van der Waals surface area contributed by atoms with E-state index in [9.17, 15) is 14.7 Å². The van der Waals surface area contributed by atoms with Crippen LogP contribution in [0.25, 0.3) is 0 Å². The van der Waals surface area contributed by atoms with E-state index in [0.717, 1.165) is 6.42 Å². The molecule has 2 rings (SSSR count). The lowest BCUT2D eigenvalue weighted by Gasteiger charge is -2.31. The molecule has 2 aliphatic rings. The molecule has 1 amide bonds. The van der Waals surface area contributed by atoms with Gasteiger partial charge in [-0.25, -0.2) is 0 Å². The molecule has 0 spiro atoms. The second-order valence-electron chi connectivity index (χ2n) is 7.05. The van der Waals surface area contributed by atoms with Crippen molar-refractivity contribution in [2.45, 2.75) is 71.3 Å². The molecular weight excluding hydrogens is 266 g/mol. The van der Waals surface area contributed by atoms with Crippen molar-refractivity contribution in [3.05, 3.63) is 0 Å². The minimum atomic E-state index is -0.815. The van der Waals surface area contributed by atoms with Crippen molar-refractivity contribution in [3.63, 3.8) is 0 Å². The van der Waals surface area contributed by atoms with Gasteiger partial charge in [0.25, 0.3) is 0 Å². The van der Waals surface area contributed by atoms with Gasteiger partial charge >= 0.3 is 5.97 Å². The third-order valence-corrected chi connectivity index (χ3v) is 5.44. The molecule has 2 unspecified atom stereocenters. The van der Waals surface area contributed by atoms with E-state index < -0.39 is 11.9 Å². The fraction of sp³-hybridized carbons (Fsp3) is 0.882. The first-order chi connectivity index (χ1) is 10.0. The summed E-state index contributed by atoms with van der Waals surface area (Å²) in [5.74, 6) is -0.764. The molecule has 4 atom stereocenters. The molecule has 4 heteroatoms. The standard InChI is InChI=1S/C17H29NO3/c1-3-15(12-7-5-4-6-8-12)18-16(19)13-9-11(2)10-14(13)17(20)21/h11-15H,3-10H2,1-2H3,(H,18,19)(H,20,21)/t11?,13-,14+,15?/m0/s1. The maximum atomic E-state index is 12.5. The van der Waals surface area contributed by atoms with E-state index in [1.165, 1.54) is 32.1 Å². The highest BCUT2D eigenvalue weighted by atomic mass is 16.4. The smallest absolute Gasteiger partial charge is 0.307 e. The van der Waals surface area contributed by atoms with Gasteiger partial charge in [0.05, 0.1) is 11.8 Å². The minimum Gasteiger partial charge on any atom is -0.481 e. The Morgan fingerprint density at radius 2 is 1.76 bits per heavy atom. The number of carbonyl (C=O) groups is 2. The van der Waals surface area contributed by atoms with Crippen LogP contribution in [-0.4, -0.2) is 23.0 Å². The first-order valence-corrected chi connectivity index (χ1v) is 8.56. The normalized spacial score (nSPS) is 31.8. The van der Waals surface area contributed by atoms with Gasteiger partial charge in [-0.2, -0.15) is 0 Å². The summed E-state index contributed by atoms with van der Waals surface area (Å²) in [6.45, 7) is 4.16. The first kappa shape index (κ1) is 16.3. The molecule has 2 N–H and O–H groups in total. The number of rotatable bonds is 5. The molecule has 0 aliphatic heterocycles. The highest BCUT2D eigenvalue weighted by Crippen LogP contribution is 2.37. The lowest BCUT2D eigenvalue weighted by molar-refractivity contribution is -0.146. The molecule has 0 saturated heterocycles. The third kappa shape index (κ3) is 3.98. The van der Waals surface area contributed by atoms with Crippen LogP contribution in [0.5, 0.6) is 0 Å². The molecule has 120 valence electrons. The van der Waals surface area contributed by atoms with Crippen LogP contribution in [0.4, 0.5) is 0 Å². The van der Waals surface area contributed by atoms with Crippen LogP contribution in [-0.2, 0) is 9.59 Å². The lowest BCUT2D eigenvalue weighted by atomic mass is 9.82. The van der Waals surface area contributed by atoms with Crippen LogP contribution >= 0.6 is 0 Å². The molecule has 0 heterocycles. The van der Waals surface area contributed by atoms with E-state index in [4.69, 9.17) is 0 Å². The SMILES string of the molecule is CCC(NC(=O)[C@H]1CC(C)C[C@H]1C(=O)O)C1CCCCC1. The van der Waals surface area contributed by atoms with Crippen LogP contribution in [0.3, 0.4) is 0 Å². The van der Waals surface area contributed by atoms with Crippen LogP contribution in [0, 0.1) is 23.7 Å². The van der Waals surface area contributed by atoms with Gasteiger partial charge in [-0.15, -0.1) is 0 Å². The van der Waals surface area contributed by atoms with Gasteiger partial charge in [0.1, 0.15) is 0 Å². The van der Waals surface area contributed by atoms with Gasteiger partial charge in [-0.3, -0.25) is 9.59 Å². The number of hydrogen-bond acceptors (Lipinski definition) is 2. The fourth-order valence-electron chi connectivity index (χ4n) is 4.23. The summed E-state index contributed by atoms with van der Waals surface area (Å²) >= 11 is 0. The Balaban J connectivity index is 1.96. The van der Waals surface area contributed by atoms with E-state index in [2.05, 4.69) is 12.2 Å². The number of amides is 1. The minimum absolute atomic E-state index is 0.0239. The predicted octanol–water partition coefficient (Wildman–Crippen LogP) is 3.21. The Hall–Kier alpha value is -1.06. The molecule has 0 aromatic heterocycles.